The maximum atomic E-state index is 12.6. The van der Waals surface area contributed by atoms with Crippen LogP contribution in [0, 0.1) is 0 Å². The van der Waals surface area contributed by atoms with E-state index in [1.807, 2.05) is 0 Å². The summed E-state index contributed by atoms with van der Waals surface area (Å²) in [5.41, 5.74) is 0.0959. The molecule has 0 saturated heterocycles. The van der Waals surface area contributed by atoms with Crippen LogP contribution in [0.3, 0.4) is 0 Å². The Labute approximate surface area is 103 Å². The third kappa shape index (κ3) is 2.85. The third-order valence-corrected chi connectivity index (χ3v) is 2.84. The molecule has 18 heavy (non-hydrogen) atoms. The fraction of sp³-hybridized carbons (Fsp3) is 0.385. The smallest absolute Gasteiger partial charge is 0.416 e. The minimum atomic E-state index is -4.40. The predicted molar refractivity (Wildman–Crippen MR) is 59.7 cm³/mol. The van der Waals surface area contributed by atoms with E-state index in [-0.39, 0.29) is 5.56 Å². The maximum absolute atomic E-state index is 12.6. The Balaban J connectivity index is 2.25. The largest absolute Gasteiger partial charge is 0.501 e. The summed E-state index contributed by atoms with van der Waals surface area (Å²) in [5, 5.41) is 10.0. The van der Waals surface area contributed by atoms with Gasteiger partial charge in [-0.3, -0.25) is 0 Å². The molecule has 1 aromatic rings. The zero-order valence-corrected chi connectivity index (χ0v) is 9.57. The Morgan fingerprint density at radius 2 is 2.06 bits per heavy atom. The molecule has 0 radical (unpaired) electrons. The van der Waals surface area contributed by atoms with Gasteiger partial charge in [0.2, 0.25) is 0 Å². The van der Waals surface area contributed by atoms with Gasteiger partial charge >= 0.3 is 6.18 Å². The van der Waals surface area contributed by atoms with Gasteiger partial charge in [0.15, 0.2) is 0 Å². The first kappa shape index (κ1) is 13.0. The monoisotopic (exact) mass is 258 g/mol. The summed E-state index contributed by atoms with van der Waals surface area (Å²) in [6.07, 6.45) is -2.59. The average molecular weight is 258 g/mol. The molecule has 98 valence electrons. The van der Waals surface area contributed by atoms with Gasteiger partial charge in [0.05, 0.1) is 18.4 Å². The van der Waals surface area contributed by atoms with Crippen LogP contribution in [-0.4, -0.2) is 11.7 Å². The van der Waals surface area contributed by atoms with Gasteiger partial charge in [0.1, 0.15) is 6.10 Å². The highest BCUT2D eigenvalue weighted by atomic mass is 19.4. The minimum Gasteiger partial charge on any atom is -0.501 e. The first-order valence-electron chi connectivity index (χ1n) is 5.64. The van der Waals surface area contributed by atoms with E-state index in [2.05, 4.69) is 0 Å². The van der Waals surface area contributed by atoms with Crippen LogP contribution in [0.25, 0.3) is 0 Å². The molecule has 0 aromatic heterocycles. The predicted octanol–water partition coefficient (Wildman–Crippen LogP) is 3.43. The van der Waals surface area contributed by atoms with Crippen molar-refractivity contribution >= 4 is 0 Å². The normalized spacial score (nSPS) is 17.9. The number of ether oxygens (including phenoxy) is 1. The fourth-order valence-electron chi connectivity index (χ4n) is 1.88. The summed E-state index contributed by atoms with van der Waals surface area (Å²) in [6.45, 7) is 0.582. The Morgan fingerprint density at radius 1 is 1.28 bits per heavy atom. The molecule has 1 unspecified atom stereocenters. The number of aliphatic hydroxyl groups excluding tert-OH is 1. The van der Waals surface area contributed by atoms with Crippen LogP contribution in [0.15, 0.2) is 36.1 Å². The van der Waals surface area contributed by atoms with E-state index in [0.29, 0.717) is 18.6 Å². The molecule has 0 fully saturated rings. The van der Waals surface area contributed by atoms with Crippen molar-refractivity contribution in [2.45, 2.75) is 25.1 Å². The van der Waals surface area contributed by atoms with Crippen molar-refractivity contribution < 1.29 is 23.0 Å². The lowest BCUT2D eigenvalue weighted by Crippen LogP contribution is -2.10. The van der Waals surface area contributed by atoms with E-state index in [1.54, 1.807) is 0 Å². The van der Waals surface area contributed by atoms with Gasteiger partial charge in [0, 0.05) is 0 Å². The van der Waals surface area contributed by atoms with Crippen LogP contribution < -0.4 is 0 Å². The second-order valence-electron chi connectivity index (χ2n) is 4.19. The van der Waals surface area contributed by atoms with Crippen LogP contribution in [0.2, 0.25) is 0 Å². The van der Waals surface area contributed by atoms with E-state index in [0.717, 1.165) is 18.6 Å². The van der Waals surface area contributed by atoms with Gasteiger partial charge in [-0.05, 0) is 36.1 Å². The van der Waals surface area contributed by atoms with Crippen LogP contribution >= 0.6 is 0 Å². The van der Waals surface area contributed by atoms with Crippen LogP contribution in [0.5, 0.6) is 0 Å². The number of rotatable bonds is 2. The van der Waals surface area contributed by atoms with Crippen molar-refractivity contribution in [3.63, 3.8) is 0 Å². The molecule has 1 aromatic carbocycles. The summed E-state index contributed by atoms with van der Waals surface area (Å²) in [4.78, 5) is 0. The first-order valence-corrected chi connectivity index (χ1v) is 5.64. The van der Waals surface area contributed by atoms with Crippen molar-refractivity contribution in [2.24, 2.45) is 0 Å². The Hall–Kier alpha value is -1.49. The first-order chi connectivity index (χ1) is 8.48. The van der Waals surface area contributed by atoms with E-state index < -0.39 is 17.8 Å². The molecule has 0 spiro atoms. The highest BCUT2D eigenvalue weighted by Gasteiger charge is 2.31. The molecule has 0 amide bonds. The van der Waals surface area contributed by atoms with Gasteiger partial charge in [-0.2, -0.15) is 13.2 Å². The second-order valence-corrected chi connectivity index (χ2v) is 4.19. The zero-order valence-electron chi connectivity index (χ0n) is 9.57. The van der Waals surface area contributed by atoms with E-state index in [1.165, 1.54) is 18.4 Å². The van der Waals surface area contributed by atoms with Crippen molar-refractivity contribution in [3.05, 3.63) is 47.2 Å². The highest BCUT2D eigenvalue weighted by Crippen LogP contribution is 2.33. The van der Waals surface area contributed by atoms with Gasteiger partial charge < -0.3 is 9.84 Å². The molecule has 1 aliphatic rings. The number of hydrogen-bond acceptors (Lipinski definition) is 2. The SMILES string of the molecule is OC(C1=COCCC1)c1cccc(C(F)(F)F)c1. The molecule has 0 aliphatic carbocycles. The Morgan fingerprint density at radius 3 is 2.67 bits per heavy atom. The third-order valence-electron chi connectivity index (χ3n) is 2.84. The van der Waals surface area contributed by atoms with E-state index in [4.69, 9.17) is 4.74 Å². The summed E-state index contributed by atoms with van der Waals surface area (Å²) >= 11 is 0. The van der Waals surface area contributed by atoms with Gasteiger partial charge in [-0.1, -0.05) is 12.1 Å². The summed E-state index contributed by atoms with van der Waals surface area (Å²) in [7, 11) is 0. The molecule has 2 rings (SSSR count). The van der Waals surface area contributed by atoms with E-state index in [9.17, 15) is 18.3 Å². The standard InChI is InChI=1S/C13H13F3O2/c14-13(15,16)11-5-1-3-9(7-11)12(17)10-4-2-6-18-8-10/h1,3,5,7-8,12,17H,2,4,6H2. The zero-order chi connectivity index (χ0) is 13.2. The lowest BCUT2D eigenvalue weighted by Gasteiger charge is -2.20. The van der Waals surface area contributed by atoms with Crippen molar-refractivity contribution in [3.8, 4) is 0 Å². The molecule has 0 saturated carbocycles. The molecule has 2 nitrogen and oxygen atoms in total. The molecular formula is C13H13F3O2. The molecule has 1 aliphatic heterocycles. The van der Waals surface area contributed by atoms with Gasteiger partial charge in [0.25, 0.3) is 0 Å². The summed E-state index contributed by atoms with van der Waals surface area (Å²) in [5.74, 6) is 0. The topological polar surface area (TPSA) is 29.5 Å². The molecule has 1 N–H and O–H groups in total. The lowest BCUT2D eigenvalue weighted by molar-refractivity contribution is -0.137. The lowest BCUT2D eigenvalue weighted by atomic mass is 9.96. The average Bonchev–Trinajstić information content (AvgIpc) is 2.38. The highest BCUT2D eigenvalue weighted by molar-refractivity contribution is 5.31. The second kappa shape index (κ2) is 5.02. The summed E-state index contributed by atoms with van der Waals surface area (Å²) in [6, 6.07) is 4.74. The van der Waals surface area contributed by atoms with Gasteiger partial charge in [-0.25, -0.2) is 0 Å². The summed E-state index contributed by atoms with van der Waals surface area (Å²) < 4.78 is 42.7. The Kier molecular flexibility index (Phi) is 3.61. The van der Waals surface area contributed by atoms with Crippen molar-refractivity contribution in [1.82, 2.24) is 0 Å². The van der Waals surface area contributed by atoms with Crippen molar-refractivity contribution in [2.75, 3.05) is 6.61 Å². The Bertz CT molecular complexity index is 452. The van der Waals surface area contributed by atoms with Crippen LogP contribution in [0.1, 0.15) is 30.1 Å². The molecule has 5 heteroatoms. The quantitative estimate of drug-likeness (QED) is 0.880. The molecule has 0 bridgehead atoms. The molecule has 1 heterocycles. The van der Waals surface area contributed by atoms with Crippen molar-refractivity contribution in [1.29, 1.82) is 0 Å². The van der Waals surface area contributed by atoms with E-state index >= 15 is 0 Å². The number of alkyl halides is 3. The van der Waals surface area contributed by atoms with Crippen LogP contribution in [-0.2, 0) is 10.9 Å². The maximum Gasteiger partial charge on any atom is 0.416 e. The molecular weight excluding hydrogens is 245 g/mol. The number of aliphatic hydroxyl groups is 1. The number of benzene rings is 1. The number of hydrogen-bond donors (Lipinski definition) is 1. The van der Waals surface area contributed by atoms with Gasteiger partial charge in [-0.15, -0.1) is 0 Å². The number of halogens is 3. The fourth-order valence-corrected chi connectivity index (χ4v) is 1.88. The minimum absolute atomic E-state index is 0.238. The van der Waals surface area contributed by atoms with Crippen LogP contribution in [0.4, 0.5) is 13.2 Å². The molecule has 1 atom stereocenters.